The second-order valence-corrected chi connectivity index (χ2v) is 4.86. The van der Waals surface area contributed by atoms with E-state index in [0.717, 1.165) is 18.5 Å². The van der Waals surface area contributed by atoms with Gasteiger partial charge in [0.15, 0.2) is 0 Å². The first-order valence-electron chi connectivity index (χ1n) is 6.98. The summed E-state index contributed by atoms with van der Waals surface area (Å²) in [6, 6.07) is 11.2. The van der Waals surface area contributed by atoms with Gasteiger partial charge in [-0.25, -0.2) is 0 Å². The van der Waals surface area contributed by atoms with Crippen molar-refractivity contribution in [2.75, 3.05) is 7.05 Å². The maximum Gasteiger partial charge on any atom is 0.0745 e. The first-order chi connectivity index (χ1) is 9.19. The van der Waals surface area contributed by atoms with Gasteiger partial charge in [0.05, 0.1) is 17.4 Å². The number of aryl methyl sites for hydroxylation is 3. The zero-order chi connectivity index (χ0) is 13.8. The minimum Gasteiger partial charge on any atom is -0.308 e. The number of nitrogens with zero attached hydrogens (tertiary/aromatic N) is 2. The molecule has 3 heteroatoms. The molecule has 1 aromatic heterocycles. The van der Waals surface area contributed by atoms with Crippen molar-refractivity contribution in [2.24, 2.45) is 7.05 Å². The van der Waals surface area contributed by atoms with Crippen molar-refractivity contribution in [3.05, 3.63) is 52.8 Å². The van der Waals surface area contributed by atoms with E-state index in [1.807, 2.05) is 18.8 Å². The highest BCUT2D eigenvalue weighted by atomic mass is 15.3. The Morgan fingerprint density at radius 3 is 2.58 bits per heavy atom. The molecule has 1 unspecified atom stereocenters. The van der Waals surface area contributed by atoms with Crippen LogP contribution in [0.4, 0.5) is 0 Å². The molecule has 0 radical (unpaired) electrons. The zero-order valence-electron chi connectivity index (χ0n) is 12.3. The molecule has 2 aromatic rings. The third-order valence-corrected chi connectivity index (χ3v) is 3.61. The van der Waals surface area contributed by atoms with Crippen LogP contribution in [0.5, 0.6) is 0 Å². The van der Waals surface area contributed by atoms with Crippen LogP contribution >= 0.6 is 0 Å². The molecule has 0 saturated heterocycles. The predicted molar refractivity (Wildman–Crippen MR) is 79.3 cm³/mol. The summed E-state index contributed by atoms with van der Waals surface area (Å²) in [4.78, 5) is 0. The second kappa shape index (κ2) is 6.02. The fourth-order valence-corrected chi connectivity index (χ4v) is 2.46. The molecule has 0 amide bonds. The molecule has 1 aromatic carbocycles. The van der Waals surface area contributed by atoms with Crippen LogP contribution in [0.3, 0.4) is 0 Å². The van der Waals surface area contributed by atoms with E-state index in [1.165, 1.54) is 16.8 Å². The summed E-state index contributed by atoms with van der Waals surface area (Å²) in [5.74, 6) is 0. The van der Waals surface area contributed by atoms with Crippen molar-refractivity contribution in [3.63, 3.8) is 0 Å². The number of nitrogens with one attached hydrogen (secondary N) is 1. The van der Waals surface area contributed by atoms with Gasteiger partial charge < -0.3 is 5.32 Å². The number of aromatic nitrogens is 2. The van der Waals surface area contributed by atoms with E-state index in [1.54, 1.807) is 0 Å². The summed E-state index contributed by atoms with van der Waals surface area (Å²) in [6.07, 6.45) is 2.04. The Labute approximate surface area is 115 Å². The average molecular weight is 257 g/mol. The second-order valence-electron chi connectivity index (χ2n) is 4.86. The van der Waals surface area contributed by atoms with E-state index in [9.17, 15) is 0 Å². The number of benzene rings is 1. The molecule has 0 bridgehead atoms. The van der Waals surface area contributed by atoms with Gasteiger partial charge in [0.1, 0.15) is 0 Å². The Balaban J connectivity index is 2.40. The molecule has 3 nitrogen and oxygen atoms in total. The summed E-state index contributed by atoms with van der Waals surface area (Å²) >= 11 is 0. The van der Waals surface area contributed by atoms with Gasteiger partial charge >= 0.3 is 0 Å². The normalized spacial score (nSPS) is 12.6. The third kappa shape index (κ3) is 2.87. The lowest BCUT2D eigenvalue weighted by molar-refractivity contribution is 0.603. The minimum absolute atomic E-state index is 0.198. The van der Waals surface area contributed by atoms with Crippen LogP contribution in [0.15, 0.2) is 30.3 Å². The standard InChI is InChI=1S/C16H23N3/c1-5-12-8-7-9-13(10-12)16(17-3)15-11-14(6-2)18-19(15)4/h7-11,16-17H,5-6H2,1-4H3. The zero-order valence-corrected chi connectivity index (χ0v) is 12.3. The molecule has 0 fully saturated rings. The third-order valence-electron chi connectivity index (χ3n) is 3.61. The molecule has 1 atom stereocenters. The highest BCUT2D eigenvalue weighted by molar-refractivity contribution is 5.32. The number of hydrogen-bond donors (Lipinski definition) is 1. The van der Waals surface area contributed by atoms with E-state index in [0.29, 0.717) is 0 Å². The van der Waals surface area contributed by atoms with Crippen LogP contribution in [0.25, 0.3) is 0 Å². The van der Waals surface area contributed by atoms with Gasteiger partial charge in [-0.3, -0.25) is 4.68 Å². The summed E-state index contributed by atoms with van der Waals surface area (Å²) in [7, 11) is 4.02. The Hall–Kier alpha value is -1.61. The lowest BCUT2D eigenvalue weighted by Crippen LogP contribution is -2.20. The van der Waals surface area contributed by atoms with Gasteiger partial charge in [-0.15, -0.1) is 0 Å². The summed E-state index contributed by atoms with van der Waals surface area (Å²) in [5.41, 5.74) is 5.03. The van der Waals surface area contributed by atoms with Crippen molar-refractivity contribution in [1.29, 1.82) is 0 Å². The van der Waals surface area contributed by atoms with Gasteiger partial charge in [0, 0.05) is 7.05 Å². The van der Waals surface area contributed by atoms with Gasteiger partial charge in [0.2, 0.25) is 0 Å². The van der Waals surface area contributed by atoms with Crippen molar-refractivity contribution >= 4 is 0 Å². The SMILES string of the molecule is CCc1cccc(C(NC)c2cc(CC)nn2C)c1. The lowest BCUT2D eigenvalue weighted by Gasteiger charge is -2.17. The molecule has 1 N–H and O–H groups in total. The summed E-state index contributed by atoms with van der Waals surface area (Å²) < 4.78 is 1.98. The molecule has 0 aliphatic heterocycles. The number of hydrogen-bond acceptors (Lipinski definition) is 2. The van der Waals surface area contributed by atoms with Crippen LogP contribution in [-0.2, 0) is 19.9 Å². The van der Waals surface area contributed by atoms with Crippen LogP contribution in [0.2, 0.25) is 0 Å². The summed E-state index contributed by atoms with van der Waals surface area (Å²) in [5, 5.41) is 7.95. The summed E-state index contributed by atoms with van der Waals surface area (Å²) in [6.45, 7) is 4.32. The molecular weight excluding hydrogens is 234 g/mol. The van der Waals surface area contributed by atoms with E-state index in [2.05, 4.69) is 54.6 Å². The van der Waals surface area contributed by atoms with E-state index in [-0.39, 0.29) is 6.04 Å². The molecular formula is C16H23N3. The van der Waals surface area contributed by atoms with Crippen LogP contribution < -0.4 is 5.32 Å². The quantitative estimate of drug-likeness (QED) is 0.892. The maximum absolute atomic E-state index is 4.54. The van der Waals surface area contributed by atoms with E-state index >= 15 is 0 Å². The van der Waals surface area contributed by atoms with E-state index < -0.39 is 0 Å². The Kier molecular flexibility index (Phi) is 4.38. The molecule has 0 saturated carbocycles. The Morgan fingerprint density at radius 1 is 1.21 bits per heavy atom. The highest BCUT2D eigenvalue weighted by Crippen LogP contribution is 2.23. The average Bonchev–Trinajstić information content (AvgIpc) is 2.81. The monoisotopic (exact) mass is 257 g/mol. The van der Waals surface area contributed by atoms with Crippen molar-refractivity contribution in [2.45, 2.75) is 32.7 Å². The molecule has 0 aliphatic rings. The maximum atomic E-state index is 4.54. The van der Waals surface area contributed by atoms with Gasteiger partial charge in [-0.1, -0.05) is 38.1 Å². The smallest absolute Gasteiger partial charge is 0.0745 e. The lowest BCUT2D eigenvalue weighted by atomic mass is 10.00. The van der Waals surface area contributed by atoms with Crippen LogP contribution in [0, 0.1) is 0 Å². The van der Waals surface area contributed by atoms with Gasteiger partial charge in [0.25, 0.3) is 0 Å². The van der Waals surface area contributed by atoms with Crippen molar-refractivity contribution in [1.82, 2.24) is 15.1 Å². The first kappa shape index (κ1) is 13.8. The van der Waals surface area contributed by atoms with Gasteiger partial charge in [-0.05, 0) is 37.1 Å². The van der Waals surface area contributed by atoms with Gasteiger partial charge in [-0.2, -0.15) is 5.10 Å². The Bertz CT molecular complexity index is 543. The molecule has 2 rings (SSSR count). The largest absolute Gasteiger partial charge is 0.308 e. The van der Waals surface area contributed by atoms with Crippen molar-refractivity contribution < 1.29 is 0 Å². The topological polar surface area (TPSA) is 29.9 Å². The number of rotatable bonds is 5. The van der Waals surface area contributed by atoms with E-state index in [4.69, 9.17) is 0 Å². The first-order valence-corrected chi connectivity index (χ1v) is 6.98. The molecule has 1 heterocycles. The van der Waals surface area contributed by atoms with Crippen LogP contribution in [-0.4, -0.2) is 16.8 Å². The van der Waals surface area contributed by atoms with Crippen molar-refractivity contribution in [3.8, 4) is 0 Å². The predicted octanol–water partition coefficient (Wildman–Crippen LogP) is 2.85. The fraction of sp³-hybridized carbons (Fsp3) is 0.438. The minimum atomic E-state index is 0.198. The highest BCUT2D eigenvalue weighted by Gasteiger charge is 2.17. The Morgan fingerprint density at radius 2 is 2.00 bits per heavy atom. The molecule has 0 spiro atoms. The fourth-order valence-electron chi connectivity index (χ4n) is 2.46. The molecule has 19 heavy (non-hydrogen) atoms. The van der Waals surface area contributed by atoms with Crippen LogP contribution in [0.1, 0.15) is 42.4 Å². The molecule has 102 valence electrons. The molecule has 0 aliphatic carbocycles.